The molecule has 0 heterocycles. The number of amides is 1. The summed E-state index contributed by atoms with van der Waals surface area (Å²) in [5, 5.41) is 11.8. The van der Waals surface area contributed by atoms with E-state index in [-0.39, 0.29) is 16.9 Å². The van der Waals surface area contributed by atoms with Crippen LogP contribution >= 0.6 is 0 Å². The molecule has 1 amide bonds. The number of rotatable bonds is 4. The van der Waals surface area contributed by atoms with Gasteiger partial charge in [0.05, 0.1) is 5.56 Å². The van der Waals surface area contributed by atoms with Crippen LogP contribution in [0, 0.1) is 5.41 Å². The van der Waals surface area contributed by atoms with Crippen molar-refractivity contribution in [1.29, 1.82) is 0 Å². The molecule has 0 bridgehead atoms. The largest absolute Gasteiger partial charge is 0.478 e. The van der Waals surface area contributed by atoms with Crippen LogP contribution in [0.3, 0.4) is 0 Å². The Hall–Kier alpha value is -1.84. The Morgan fingerprint density at radius 2 is 2.00 bits per heavy atom. The zero-order valence-corrected chi connectivity index (χ0v) is 11.1. The van der Waals surface area contributed by atoms with Gasteiger partial charge in [0.25, 0.3) is 0 Å². The Kier molecular flexibility index (Phi) is 3.88. The lowest BCUT2D eigenvalue weighted by Gasteiger charge is -2.22. The van der Waals surface area contributed by atoms with Crippen molar-refractivity contribution < 1.29 is 14.7 Å². The number of benzene rings is 1. The predicted molar refractivity (Wildman–Crippen MR) is 71.8 cm³/mol. The second kappa shape index (κ2) is 5.43. The molecule has 1 aromatic rings. The highest BCUT2D eigenvalue weighted by atomic mass is 16.4. The lowest BCUT2D eigenvalue weighted by Crippen LogP contribution is -2.36. The maximum absolute atomic E-state index is 12.1. The monoisotopic (exact) mass is 261 g/mol. The molecule has 0 saturated heterocycles. The van der Waals surface area contributed by atoms with Crippen LogP contribution in [-0.4, -0.2) is 17.0 Å². The molecule has 0 spiro atoms. The molecule has 0 atom stereocenters. The van der Waals surface area contributed by atoms with E-state index in [0.717, 1.165) is 31.2 Å². The Morgan fingerprint density at radius 3 is 2.63 bits per heavy atom. The first-order chi connectivity index (χ1) is 9.01. The minimum absolute atomic E-state index is 0.0747. The molecule has 4 nitrogen and oxygen atoms in total. The van der Waals surface area contributed by atoms with Crippen molar-refractivity contribution >= 4 is 11.9 Å². The predicted octanol–water partition coefficient (Wildman–Crippen LogP) is 2.58. The molecule has 2 N–H and O–H groups in total. The fourth-order valence-corrected chi connectivity index (χ4v) is 2.59. The van der Waals surface area contributed by atoms with Crippen LogP contribution in [0.15, 0.2) is 24.3 Å². The number of carbonyl (C=O) groups excluding carboxylic acids is 1. The zero-order chi connectivity index (χ0) is 13.9. The second-order valence-electron chi connectivity index (χ2n) is 5.46. The smallest absolute Gasteiger partial charge is 0.335 e. The summed E-state index contributed by atoms with van der Waals surface area (Å²) in [4.78, 5) is 23.0. The molecule has 0 unspecified atom stereocenters. The fraction of sp³-hybridized carbons (Fsp3) is 0.467. The number of hydrogen-bond donors (Lipinski definition) is 2. The van der Waals surface area contributed by atoms with Gasteiger partial charge in [0.1, 0.15) is 0 Å². The van der Waals surface area contributed by atoms with Gasteiger partial charge in [-0.05, 0) is 30.5 Å². The normalized spacial score (nSPS) is 17.1. The molecule has 1 aromatic carbocycles. The van der Waals surface area contributed by atoms with Gasteiger partial charge in [-0.1, -0.05) is 31.9 Å². The highest BCUT2D eigenvalue weighted by Crippen LogP contribution is 2.37. The molecular weight excluding hydrogens is 242 g/mol. The minimum Gasteiger partial charge on any atom is -0.478 e. The van der Waals surface area contributed by atoms with Gasteiger partial charge in [-0.25, -0.2) is 4.79 Å². The van der Waals surface area contributed by atoms with E-state index in [9.17, 15) is 9.59 Å². The summed E-state index contributed by atoms with van der Waals surface area (Å²) >= 11 is 0. The zero-order valence-electron chi connectivity index (χ0n) is 11.1. The van der Waals surface area contributed by atoms with Crippen molar-refractivity contribution in [2.75, 3.05) is 0 Å². The SMILES string of the molecule is CC1(C(=O)NCc2cccc(C(=O)O)c2)CCCC1. The number of aromatic carboxylic acids is 1. The minimum atomic E-state index is -0.948. The molecule has 0 radical (unpaired) electrons. The summed E-state index contributed by atoms with van der Waals surface area (Å²) in [7, 11) is 0. The first-order valence-electron chi connectivity index (χ1n) is 6.62. The van der Waals surface area contributed by atoms with Crippen LogP contribution in [0.25, 0.3) is 0 Å². The fourth-order valence-electron chi connectivity index (χ4n) is 2.59. The number of carbonyl (C=O) groups is 2. The lowest BCUT2D eigenvalue weighted by molar-refractivity contribution is -0.130. The third-order valence-corrected chi connectivity index (χ3v) is 3.88. The highest BCUT2D eigenvalue weighted by molar-refractivity contribution is 5.87. The van der Waals surface area contributed by atoms with Gasteiger partial charge >= 0.3 is 5.97 Å². The standard InChI is InChI=1S/C15H19NO3/c1-15(7-2-3-8-15)14(19)16-10-11-5-4-6-12(9-11)13(17)18/h4-6,9H,2-3,7-8,10H2,1H3,(H,16,19)(H,17,18). The summed E-state index contributed by atoms with van der Waals surface area (Å²) in [6.07, 6.45) is 4.10. The summed E-state index contributed by atoms with van der Waals surface area (Å²) in [6, 6.07) is 6.66. The third-order valence-electron chi connectivity index (χ3n) is 3.88. The van der Waals surface area contributed by atoms with E-state index < -0.39 is 5.97 Å². The Morgan fingerprint density at radius 1 is 1.32 bits per heavy atom. The first-order valence-corrected chi connectivity index (χ1v) is 6.62. The molecule has 4 heteroatoms. The molecule has 2 rings (SSSR count). The molecule has 1 aliphatic rings. The van der Waals surface area contributed by atoms with Crippen molar-refractivity contribution in [2.24, 2.45) is 5.41 Å². The van der Waals surface area contributed by atoms with Gasteiger partial charge < -0.3 is 10.4 Å². The maximum atomic E-state index is 12.1. The summed E-state index contributed by atoms with van der Waals surface area (Å²) in [5.41, 5.74) is 0.818. The van der Waals surface area contributed by atoms with Gasteiger partial charge in [-0.15, -0.1) is 0 Å². The van der Waals surface area contributed by atoms with Crippen LogP contribution in [0.4, 0.5) is 0 Å². The van der Waals surface area contributed by atoms with Gasteiger partial charge in [-0.2, -0.15) is 0 Å². The topological polar surface area (TPSA) is 66.4 Å². The Bertz CT molecular complexity index is 490. The van der Waals surface area contributed by atoms with Crippen molar-refractivity contribution in [3.05, 3.63) is 35.4 Å². The first kappa shape index (κ1) is 13.6. The van der Waals surface area contributed by atoms with E-state index >= 15 is 0 Å². The number of carboxylic acids is 1. The molecule has 19 heavy (non-hydrogen) atoms. The van der Waals surface area contributed by atoms with Gasteiger partial charge in [0.15, 0.2) is 0 Å². The van der Waals surface area contributed by atoms with Gasteiger partial charge in [-0.3, -0.25) is 4.79 Å². The van der Waals surface area contributed by atoms with Crippen LogP contribution in [-0.2, 0) is 11.3 Å². The van der Waals surface area contributed by atoms with E-state index in [4.69, 9.17) is 5.11 Å². The number of nitrogens with one attached hydrogen (secondary N) is 1. The highest BCUT2D eigenvalue weighted by Gasteiger charge is 2.35. The van der Waals surface area contributed by atoms with Crippen LogP contribution in [0.2, 0.25) is 0 Å². The molecule has 102 valence electrons. The lowest BCUT2D eigenvalue weighted by atomic mass is 9.88. The van der Waals surface area contributed by atoms with E-state index in [2.05, 4.69) is 5.32 Å². The van der Waals surface area contributed by atoms with Crippen LogP contribution in [0.1, 0.15) is 48.5 Å². The summed E-state index contributed by atoms with van der Waals surface area (Å²) < 4.78 is 0. The average molecular weight is 261 g/mol. The molecule has 1 aliphatic carbocycles. The van der Waals surface area contributed by atoms with Crippen LogP contribution < -0.4 is 5.32 Å². The van der Waals surface area contributed by atoms with Crippen molar-refractivity contribution in [3.8, 4) is 0 Å². The Labute approximate surface area is 112 Å². The van der Waals surface area contributed by atoms with Crippen molar-refractivity contribution in [1.82, 2.24) is 5.32 Å². The molecule has 0 aliphatic heterocycles. The van der Waals surface area contributed by atoms with Crippen molar-refractivity contribution in [3.63, 3.8) is 0 Å². The molecular formula is C15H19NO3. The summed E-state index contributed by atoms with van der Waals surface area (Å²) in [5.74, 6) is -0.873. The second-order valence-corrected chi connectivity index (χ2v) is 5.46. The van der Waals surface area contributed by atoms with Crippen LogP contribution in [0.5, 0.6) is 0 Å². The van der Waals surface area contributed by atoms with Gasteiger partial charge in [0.2, 0.25) is 5.91 Å². The number of carboxylic acid groups (broad SMARTS) is 1. The molecule has 0 aromatic heterocycles. The van der Waals surface area contributed by atoms with Crippen molar-refractivity contribution in [2.45, 2.75) is 39.2 Å². The summed E-state index contributed by atoms with van der Waals surface area (Å²) in [6.45, 7) is 2.39. The molecule has 1 saturated carbocycles. The van der Waals surface area contributed by atoms with E-state index in [1.807, 2.05) is 13.0 Å². The number of hydrogen-bond acceptors (Lipinski definition) is 2. The maximum Gasteiger partial charge on any atom is 0.335 e. The van der Waals surface area contributed by atoms with E-state index in [0.29, 0.717) is 6.54 Å². The molecule has 1 fully saturated rings. The third kappa shape index (κ3) is 3.13. The average Bonchev–Trinajstić information content (AvgIpc) is 2.84. The van der Waals surface area contributed by atoms with E-state index in [1.54, 1.807) is 18.2 Å². The Balaban J connectivity index is 1.97. The van der Waals surface area contributed by atoms with Gasteiger partial charge in [0, 0.05) is 12.0 Å². The van der Waals surface area contributed by atoms with E-state index in [1.165, 1.54) is 0 Å². The quantitative estimate of drug-likeness (QED) is 0.875.